The fraction of sp³-hybridized carbons (Fsp3) is 0.467. The van der Waals surface area contributed by atoms with E-state index in [-0.39, 0.29) is 28.4 Å². The normalized spacial score (nSPS) is 31.3. The molecule has 10 atom stereocenters. The maximum atomic E-state index is 14.0. The van der Waals surface area contributed by atoms with Gasteiger partial charge in [-0.1, -0.05) is 0 Å². The number of hydrogen-bond donors (Lipinski definition) is 7. The summed E-state index contributed by atoms with van der Waals surface area (Å²) in [4.78, 5) is 25.4. The Morgan fingerprint density at radius 1 is 0.804 bits per heavy atom. The number of aliphatic hydroxyl groups excluding tert-OH is 5. The third kappa shape index (κ3) is 6.03. The van der Waals surface area contributed by atoms with E-state index in [0.29, 0.717) is 0 Å². The second-order valence-corrected chi connectivity index (χ2v) is 10.9. The topological polar surface area (TPSA) is 244 Å². The molecule has 250 valence electrons. The zero-order valence-corrected chi connectivity index (χ0v) is 25.0. The average Bonchev–Trinajstić information content (AvgIpc) is 3.01. The summed E-state index contributed by atoms with van der Waals surface area (Å²) in [5.41, 5.74) is -1.06. The van der Waals surface area contributed by atoms with Crippen LogP contribution in [0.2, 0.25) is 0 Å². The van der Waals surface area contributed by atoms with Crippen LogP contribution in [-0.4, -0.2) is 110 Å². The van der Waals surface area contributed by atoms with Gasteiger partial charge in [0.25, 0.3) is 0 Å². The molecule has 5 rings (SSSR count). The van der Waals surface area contributed by atoms with Crippen molar-refractivity contribution in [1.82, 2.24) is 0 Å². The SMILES string of the molecule is COc1c(O[C@@H]2O[C@@H](C)[C@H](OC(C)=O)[C@@H](O)[C@H]2O)cc2oc(-c3ccc(O)cc3)c(O[C@@H]3O[C@@H](C)[C@H](O)[C@@H](O)[C@@H]3O)c(=O)c2c1O. The molecule has 2 saturated heterocycles. The maximum absolute atomic E-state index is 14.0. The van der Waals surface area contributed by atoms with E-state index in [9.17, 15) is 45.3 Å². The van der Waals surface area contributed by atoms with Gasteiger partial charge in [-0.25, -0.2) is 0 Å². The lowest BCUT2D eigenvalue weighted by Gasteiger charge is -2.40. The summed E-state index contributed by atoms with van der Waals surface area (Å²) in [7, 11) is 1.16. The fourth-order valence-corrected chi connectivity index (χ4v) is 5.28. The van der Waals surface area contributed by atoms with E-state index in [1.807, 2.05) is 0 Å². The van der Waals surface area contributed by atoms with E-state index in [1.165, 1.54) is 38.1 Å². The van der Waals surface area contributed by atoms with Crippen LogP contribution < -0.4 is 19.6 Å². The largest absolute Gasteiger partial charge is 0.508 e. The number of aliphatic hydroxyl groups is 5. The average molecular weight is 651 g/mol. The number of phenolic OH excluding ortho intramolecular Hbond substituents is 2. The van der Waals surface area contributed by atoms with E-state index in [1.54, 1.807) is 0 Å². The van der Waals surface area contributed by atoms with Crippen LogP contribution in [0.5, 0.6) is 28.7 Å². The molecule has 16 nitrogen and oxygen atoms in total. The van der Waals surface area contributed by atoms with Crippen molar-refractivity contribution in [2.45, 2.75) is 82.2 Å². The highest BCUT2D eigenvalue weighted by Crippen LogP contribution is 2.45. The van der Waals surface area contributed by atoms with Gasteiger partial charge in [0.1, 0.15) is 47.2 Å². The Balaban J connectivity index is 1.61. The standard InChI is InChI=1S/C30H34O16/c1-10-18(33)21(36)23(38)30(41-10)46-28-20(35)17-15(44-26(28)13-5-7-14(32)8-6-13)9-16(27(40-4)19(17)34)45-29-24(39)22(37)25(11(2)42-29)43-12(3)31/h5-11,18,21-25,29-30,32-34,36-39H,1-4H3/t10-,11-,18-,21+,22-,23-,24+,25-,29-,30-/m0/s1. The molecule has 0 amide bonds. The van der Waals surface area contributed by atoms with Gasteiger partial charge in [0.15, 0.2) is 23.4 Å². The van der Waals surface area contributed by atoms with Crippen molar-refractivity contribution in [3.05, 3.63) is 40.6 Å². The molecule has 2 fully saturated rings. The number of benzene rings is 2. The summed E-state index contributed by atoms with van der Waals surface area (Å²) in [5, 5.41) is 72.8. The maximum Gasteiger partial charge on any atom is 0.303 e. The Morgan fingerprint density at radius 3 is 2.04 bits per heavy atom. The van der Waals surface area contributed by atoms with E-state index in [4.69, 9.17) is 32.8 Å². The molecule has 16 heteroatoms. The van der Waals surface area contributed by atoms with Crippen LogP contribution >= 0.6 is 0 Å². The number of carbonyl (C=O) groups excluding carboxylic acids is 1. The highest BCUT2D eigenvalue weighted by Gasteiger charge is 2.47. The van der Waals surface area contributed by atoms with Crippen molar-refractivity contribution in [3.8, 4) is 40.1 Å². The van der Waals surface area contributed by atoms with Gasteiger partial charge in [0.05, 0.1) is 19.3 Å². The first-order valence-corrected chi connectivity index (χ1v) is 14.1. The number of aromatic hydroxyl groups is 2. The number of methoxy groups -OCH3 is 1. The van der Waals surface area contributed by atoms with E-state index in [2.05, 4.69) is 0 Å². The van der Waals surface area contributed by atoms with Gasteiger partial charge in [-0.2, -0.15) is 0 Å². The Labute approximate surface area is 260 Å². The highest BCUT2D eigenvalue weighted by atomic mass is 16.7. The Bertz CT molecular complexity index is 1640. The van der Waals surface area contributed by atoms with Crippen molar-refractivity contribution in [3.63, 3.8) is 0 Å². The number of hydrogen-bond acceptors (Lipinski definition) is 16. The van der Waals surface area contributed by atoms with Crippen molar-refractivity contribution < 1.29 is 73.4 Å². The molecule has 2 aliphatic heterocycles. The van der Waals surface area contributed by atoms with E-state index in [0.717, 1.165) is 20.1 Å². The molecular formula is C30H34O16. The number of phenols is 2. The minimum Gasteiger partial charge on any atom is -0.508 e. The van der Waals surface area contributed by atoms with Crippen molar-refractivity contribution in [1.29, 1.82) is 0 Å². The lowest BCUT2D eigenvalue weighted by molar-refractivity contribution is -0.272. The predicted molar refractivity (Wildman–Crippen MR) is 153 cm³/mol. The van der Waals surface area contributed by atoms with Gasteiger partial charge >= 0.3 is 5.97 Å². The molecular weight excluding hydrogens is 616 g/mol. The van der Waals surface area contributed by atoms with Crippen LogP contribution in [0.15, 0.2) is 39.5 Å². The molecule has 0 radical (unpaired) electrons. The molecule has 1 aromatic heterocycles. The summed E-state index contributed by atoms with van der Waals surface area (Å²) in [6.07, 6.45) is -14.7. The van der Waals surface area contributed by atoms with Crippen LogP contribution in [0.4, 0.5) is 0 Å². The number of fused-ring (bicyclic) bond motifs is 1. The molecule has 0 unspecified atom stereocenters. The third-order valence-corrected chi connectivity index (χ3v) is 7.73. The molecule has 3 aromatic rings. The third-order valence-electron chi connectivity index (χ3n) is 7.73. The van der Waals surface area contributed by atoms with Crippen molar-refractivity contribution >= 4 is 16.9 Å². The molecule has 3 heterocycles. The van der Waals surface area contributed by atoms with Gasteiger partial charge in [0, 0.05) is 18.6 Å². The molecule has 46 heavy (non-hydrogen) atoms. The monoisotopic (exact) mass is 650 g/mol. The van der Waals surface area contributed by atoms with Crippen LogP contribution in [0.3, 0.4) is 0 Å². The smallest absolute Gasteiger partial charge is 0.303 e. The predicted octanol–water partition coefficient (Wildman–Crippen LogP) is -0.137. The summed E-state index contributed by atoms with van der Waals surface area (Å²) in [6.45, 7) is 4.03. The first-order chi connectivity index (χ1) is 21.7. The van der Waals surface area contributed by atoms with Gasteiger partial charge in [-0.05, 0) is 38.1 Å². The fourth-order valence-electron chi connectivity index (χ4n) is 5.28. The molecule has 0 spiro atoms. The molecule has 0 saturated carbocycles. The lowest BCUT2D eigenvalue weighted by Crippen LogP contribution is -2.59. The molecule has 0 aliphatic carbocycles. The molecule has 7 N–H and O–H groups in total. The van der Waals surface area contributed by atoms with Crippen molar-refractivity contribution in [2.24, 2.45) is 0 Å². The lowest BCUT2D eigenvalue weighted by atomic mass is 9.99. The van der Waals surface area contributed by atoms with Gasteiger partial charge < -0.3 is 68.6 Å². The summed E-state index contributed by atoms with van der Waals surface area (Å²) in [6, 6.07) is 6.54. The number of ether oxygens (including phenoxy) is 6. The summed E-state index contributed by atoms with van der Waals surface area (Å²) >= 11 is 0. The van der Waals surface area contributed by atoms with Crippen LogP contribution in [-0.2, 0) is 19.0 Å². The zero-order chi connectivity index (χ0) is 33.6. The highest BCUT2D eigenvalue weighted by molar-refractivity contribution is 5.91. The first kappa shape index (κ1) is 33.2. The molecule has 0 bridgehead atoms. The zero-order valence-electron chi connectivity index (χ0n) is 25.0. The van der Waals surface area contributed by atoms with Crippen molar-refractivity contribution in [2.75, 3.05) is 7.11 Å². The molecule has 2 aliphatic rings. The summed E-state index contributed by atoms with van der Waals surface area (Å²) < 4.78 is 39.1. The second kappa shape index (κ2) is 12.9. The van der Waals surface area contributed by atoms with E-state index >= 15 is 0 Å². The summed E-state index contributed by atoms with van der Waals surface area (Å²) in [5.74, 6) is -3.10. The minimum atomic E-state index is -1.80. The molecule has 2 aromatic carbocycles. The number of esters is 1. The Morgan fingerprint density at radius 2 is 1.41 bits per heavy atom. The Hall–Kier alpha value is -4.16. The van der Waals surface area contributed by atoms with Gasteiger partial charge in [0.2, 0.25) is 29.5 Å². The van der Waals surface area contributed by atoms with Crippen LogP contribution in [0, 0.1) is 0 Å². The van der Waals surface area contributed by atoms with Crippen LogP contribution in [0.25, 0.3) is 22.3 Å². The first-order valence-electron chi connectivity index (χ1n) is 14.1. The quantitative estimate of drug-likeness (QED) is 0.165. The number of rotatable bonds is 7. The minimum absolute atomic E-state index is 0.109. The van der Waals surface area contributed by atoms with Gasteiger partial charge in [-0.3, -0.25) is 9.59 Å². The van der Waals surface area contributed by atoms with Gasteiger partial charge in [-0.15, -0.1) is 0 Å². The number of carbonyl (C=O) groups is 1. The second-order valence-electron chi connectivity index (χ2n) is 10.9. The Kier molecular flexibility index (Phi) is 9.33. The van der Waals surface area contributed by atoms with E-state index < -0.39 is 95.4 Å². The van der Waals surface area contributed by atoms with Crippen LogP contribution in [0.1, 0.15) is 20.8 Å².